The zero-order chi connectivity index (χ0) is 11.4. The van der Waals surface area contributed by atoms with Crippen LogP contribution in [-0.4, -0.2) is 35.6 Å². The minimum Gasteiger partial charge on any atom is -0.396 e. The average Bonchev–Trinajstić information content (AvgIpc) is 2.47. The van der Waals surface area contributed by atoms with Gasteiger partial charge in [0.15, 0.2) is 0 Å². The summed E-state index contributed by atoms with van der Waals surface area (Å²) >= 11 is 0. The first-order valence-corrected chi connectivity index (χ1v) is 6.05. The smallest absolute Gasteiger partial charge is 0.0748 e. The average molecular weight is 216 g/mol. The molecule has 0 spiro atoms. The Balaban J connectivity index is 2.86. The van der Waals surface area contributed by atoms with Gasteiger partial charge < -0.3 is 14.9 Å². The molecule has 1 aliphatic heterocycles. The van der Waals surface area contributed by atoms with Gasteiger partial charge in [0.2, 0.25) is 0 Å². The SMILES string of the molecule is CCC(CC)(CO)C1(O)CCCOCC1. The lowest BCUT2D eigenvalue weighted by atomic mass is 9.65. The van der Waals surface area contributed by atoms with Crippen molar-refractivity contribution in [2.45, 2.75) is 51.6 Å². The Labute approximate surface area is 92.4 Å². The van der Waals surface area contributed by atoms with Gasteiger partial charge in [0.05, 0.1) is 12.2 Å². The van der Waals surface area contributed by atoms with E-state index in [4.69, 9.17) is 4.74 Å². The maximum Gasteiger partial charge on any atom is 0.0748 e. The van der Waals surface area contributed by atoms with Crippen LogP contribution in [0.5, 0.6) is 0 Å². The minimum atomic E-state index is -0.748. The predicted molar refractivity (Wildman–Crippen MR) is 59.7 cm³/mol. The van der Waals surface area contributed by atoms with E-state index in [0.717, 1.165) is 32.3 Å². The molecule has 0 aliphatic carbocycles. The molecular formula is C12H24O3. The van der Waals surface area contributed by atoms with Gasteiger partial charge in [0.1, 0.15) is 0 Å². The van der Waals surface area contributed by atoms with Gasteiger partial charge in [-0.3, -0.25) is 0 Å². The summed E-state index contributed by atoms with van der Waals surface area (Å²) in [6.07, 6.45) is 3.91. The molecule has 3 heteroatoms. The second-order valence-corrected chi connectivity index (χ2v) is 4.64. The van der Waals surface area contributed by atoms with Crippen LogP contribution in [0.15, 0.2) is 0 Å². The Morgan fingerprint density at radius 1 is 1.20 bits per heavy atom. The fourth-order valence-electron chi connectivity index (χ4n) is 2.74. The molecule has 1 atom stereocenters. The topological polar surface area (TPSA) is 49.7 Å². The van der Waals surface area contributed by atoms with Gasteiger partial charge in [-0.2, -0.15) is 0 Å². The summed E-state index contributed by atoms with van der Waals surface area (Å²) in [6.45, 7) is 5.50. The molecule has 1 rings (SSSR count). The van der Waals surface area contributed by atoms with Crippen molar-refractivity contribution in [1.82, 2.24) is 0 Å². The molecule has 0 amide bonds. The van der Waals surface area contributed by atoms with Gasteiger partial charge in [-0.1, -0.05) is 13.8 Å². The zero-order valence-corrected chi connectivity index (χ0v) is 9.96. The van der Waals surface area contributed by atoms with Crippen molar-refractivity contribution in [3.8, 4) is 0 Å². The van der Waals surface area contributed by atoms with Crippen molar-refractivity contribution < 1.29 is 14.9 Å². The highest BCUT2D eigenvalue weighted by molar-refractivity contribution is 4.97. The van der Waals surface area contributed by atoms with E-state index in [1.807, 2.05) is 13.8 Å². The largest absolute Gasteiger partial charge is 0.396 e. The summed E-state index contributed by atoms with van der Waals surface area (Å²) in [7, 11) is 0. The summed E-state index contributed by atoms with van der Waals surface area (Å²) < 4.78 is 5.38. The highest BCUT2D eigenvalue weighted by Crippen LogP contribution is 2.44. The van der Waals surface area contributed by atoms with E-state index in [0.29, 0.717) is 13.0 Å². The van der Waals surface area contributed by atoms with Crippen LogP contribution in [0, 0.1) is 5.41 Å². The van der Waals surface area contributed by atoms with E-state index >= 15 is 0 Å². The second kappa shape index (κ2) is 5.28. The van der Waals surface area contributed by atoms with Crippen LogP contribution in [0.1, 0.15) is 46.0 Å². The van der Waals surface area contributed by atoms with E-state index in [2.05, 4.69) is 0 Å². The molecule has 0 saturated carbocycles. The second-order valence-electron chi connectivity index (χ2n) is 4.64. The Morgan fingerprint density at radius 3 is 2.40 bits per heavy atom. The monoisotopic (exact) mass is 216 g/mol. The van der Waals surface area contributed by atoms with E-state index < -0.39 is 5.60 Å². The number of ether oxygens (including phenoxy) is 1. The molecule has 0 aromatic rings. The maximum absolute atomic E-state index is 10.7. The van der Waals surface area contributed by atoms with Crippen LogP contribution in [0.4, 0.5) is 0 Å². The van der Waals surface area contributed by atoms with Crippen LogP contribution in [-0.2, 0) is 4.74 Å². The molecule has 1 saturated heterocycles. The molecule has 0 bridgehead atoms. The summed E-state index contributed by atoms with van der Waals surface area (Å²) in [4.78, 5) is 0. The third kappa shape index (κ3) is 2.35. The Bertz CT molecular complexity index is 171. The summed E-state index contributed by atoms with van der Waals surface area (Å²) in [6, 6.07) is 0. The number of aliphatic hydroxyl groups is 2. The van der Waals surface area contributed by atoms with Crippen molar-refractivity contribution in [1.29, 1.82) is 0 Å². The van der Waals surface area contributed by atoms with Gasteiger partial charge in [0, 0.05) is 25.0 Å². The first-order valence-electron chi connectivity index (χ1n) is 6.05. The summed E-state index contributed by atoms with van der Waals surface area (Å²) in [5.74, 6) is 0. The molecular weight excluding hydrogens is 192 g/mol. The van der Waals surface area contributed by atoms with Crippen LogP contribution in [0.25, 0.3) is 0 Å². The summed E-state index contributed by atoms with van der Waals surface area (Å²) in [5, 5.41) is 20.3. The molecule has 15 heavy (non-hydrogen) atoms. The van der Waals surface area contributed by atoms with Gasteiger partial charge in [-0.05, 0) is 25.7 Å². The first kappa shape index (κ1) is 12.9. The number of hydrogen-bond acceptors (Lipinski definition) is 3. The Hall–Kier alpha value is -0.120. The third-order valence-corrected chi connectivity index (χ3v) is 4.18. The molecule has 90 valence electrons. The molecule has 0 aromatic heterocycles. The van der Waals surface area contributed by atoms with Crippen molar-refractivity contribution in [3.05, 3.63) is 0 Å². The minimum absolute atomic E-state index is 0.0660. The number of aliphatic hydroxyl groups excluding tert-OH is 1. The van der Waals surface area contributed by atoms with Crippen LogP contribution < -0.4 is 0 Å². The molecule has 3 nitrogen and oxygen atoms in total. The standard InChI is InChI=1S/C12H24O3/c1-3-11(4-2,10-13)12(14)6-5-8-15-9-7-12/h13-14H,3-10H2,1-2H3. The van der Waals surface area contributed by atoms with E-state index in [-0.39, 0.29) is 12.0 Å². The van der Waals surface area contributed by atoms with Gasteiger partial charge in [-0.25, -0.2) is 0 Å². The normalized spacial score (nSPS) is 28.8. The van der Waals surface area contributed by atoms with Crippen LogP contribution in [0.2, 0.25) is 0 Å². The quantitative estimate of drug-likeness (QED) is 0.752. The molecule has 1 fully saturated rings. The lowest BCUT2D eigenvalue weighted by Gasteiger charge is -2.45. The molecule has 1 unspecified atom stereocenters. The molecule has 0 aromatic carbocycles. The van der Waals surface area contributed by atoms with E-state index in [9.17, 15) is 10.2 Å². The highest BCUT2D eigenvalue weighted by Gasteiger charge is 2.47. The molecule has 2 N–H and O–H groups in total. The van der Waals surface area contributed by atoms with Gasteiger partial charge in [-0.15, -0.1) is 0 Å². The van der Waals surface area contributed by atoms with Crippen LogP contribution >= 0.6 is 0 Å². The van der Waals surface area contributed by atoms with Crippen molar-refractivity contribution in [2.24, 2.45) is 5.41 Å². The Morgan fingerprint density at radius 2 is 1.87 bits per heavy atom. The predicted octanol–water partition coefficient (Wildman–Crippen LogP) is 1.72. The van der Waals surface area contributed by atoms with E-state index in [1.54, 1.807) is 0 Å². The lowest BCUT2D eigenvalue weighted by Crippen LogP contribution is -2.50. The molecule has 1 aliphatic rings. The van der Waals surface area contributed by atoms with Crippen LogP contribution in [0.3, 0.4) is 0 Å². The Kier molecular flexibility index (Phi) is 4.56. The van der Waals surface area contributed by atoms with Crippen molar-refractivity contribution >= 4 is 0 Å². The van der Waals surface area contributed by atoms with Crippen molar-refractivity contribution in [3.63, 3.8) is 0 Å². The van der Waals surface area contributed by atoms with Crippen molar-refractivity contribution in [2.75, 3.05) is 19.8 Å². The maximum atomic E-state index is 10.7. The fraction of sp³-hybridized carbons (Fsp3) is 1.00. The van der Waals surface area contributed by atoms with E-state index in [1.165, 1.54) is 0 Å². The van der Waals surface area contributed by atoms with Gasteiger partial charge >= 0.3 is 0 Å². The third-order valence-electron chi connectivity index (χ3n) is 4.18. The molecule has 1 heterocycles. The fourth-order valence-corrected chi connectivity index (χ4v) is 2.74. The zero-order valence-electron chi connectivity index (χ0n) is 9.96. The number of rotatable bonds is 4. The first-order chi connectivity index (χ1) is 7.14. The lowest BCUT2D eigenvalue weighted by molar-refractivity contribution is -0.124. The highest BCUT2D eigenvalue weighted by atomic mass is 16.5. The van der Waals surface area contributed by atoms with Gasteiger partial charge in [0.25, 0.3) is 0 Å². The number of hydrogen-bond donors (Lipinski definition) is 2. The summed E-state index contributed by atoms with van der Waals surface area (Å²) in [5.41, 5.74) is -1.09. The molecule has 0 radical (unpaired) electrons.